The Bertz CT molecular complexity index is 976. The van der Waals surface area contributed by atoms with E-state index in [0.29, 0.717) is 5.84 Å². The highest BCUT2D eigenvalue weighted by molar-refractivity contribution is 14.1. The number of anilines is 1. The Morgan fingerprint density at radius 2 is 1.41 bits per heavy atom. The molecule has 0 atom stereocenters. The van der Waals surface area contributed by atoms with Crippen LogP contribution in [0.25, 0.3) is 0 Å². The lowest BCUT2D eigenvalue weighted by atomic mass is 10.1. The lowest BCUT2D eigenvalue weighted by Gasteiger charge is -2.24. The Labute approximate surface area is 173 Å². The van der Waals surface area contributed by atoms with Gasteiger partial charge < -0.3 is 0 Å². The molecular weight excluding hydrogens is 447 g/mol. The molecule has 0 bridgehead atoms. The van der Waals surface area contributed by atoms with Gasteiger partial charge in [-0.1, -0.05) is 53.6 Å². The third-order valence-corrected chi connectivity index (χ3v) is 5.14. The zero-order valence-corrected chi connectivity index (χ0v) is 17.8. The first kappa shape index (κ1) is 19.3. The summed E-state index contributed by atoms with van der Waals surface area (Å²) in [6.45, 7) is 5.65. The molecule has 27 heavy (non-hydrogen) atoms. The minimum absolute atomic E-state index is 0.0793. The molecule has 136 valence electrons. The first-order chi connectivity index (χ1) is 13.0. The molecule has 0 aliphatic rings. The van der Waals surface area contributed by atoms with Gasteiger partial charge >= 0.3 is 0 Å². The molecule has 1 amide bonds. The number of carbonyl (C=O) groups is 1. The van der Waals surface area contributed by atoms with Gasteiger partial charge in [0.05, 0.1) is 11.4 Å². The molecule has 4 heteroatoms. The Kier molecular flexibility index (Phi) is 6.06. The number of amidine groups is 1. The molecule has 0 radical (unpaired) electrons. The summed E-state index contributed by atoms with van der Waals surface area (Å²) in [6, 6.07) is 23.9. The van der Waals surface area contributed by atoms with Crippen molar-refractivity contribution < 1.29 is 4.79 Å². The minimum atomic E-state index is -0.0793. The van der Waals surface area contributed by atoms with Gasteiger partial charge in [0.2, 0.25) is 5.91 Å². The number of nitrogens with zero attached hydrogens (tertiary/aromatic N) is 2. The molecule has 3 nitrogen and oxygen atoms in total. The number of benzene rings is 3. The van der Waals surface area contributed by atoms with Crippen LogP contribution in [0.5, 0.6) is 0 Å². The maximum Gasteiger partial charge on any atom is 0.229 e. The molecule has 3 aromatic carbocycles. The first-order valence-electron chi connectivity index (χ1n) is 8.73. The van der Waals surface area contributed by atoms with Crippen molar-refractivity contribution in [2.75, 3.05) is 4.90 Å². The highest BCUT2D eigenvalue weighted by Gasteiger charge is 2.22. The van der Waals surface area contributed by atoms with Crippen LogP contribution in [0, 0.1) is 17.4 Å². The summed E-state index contributed by atoms with van der Waals surface area (Å²) in [5.41, 5.74) is 4.86. The van der Waals surface area contributed by atoms with Crippen LogP contribution in [0.4, 0.5) is 11.4 Å². The van der Waals surface area contributed by atoms with Gasteiger partial charge in [-0.05, 0) is 66.8 Å². The minimum Gasteiger partial charge on any atom is -0.274 e. The number of aryl methyl sites for hydroxylation is 2. The predicted octanol–water partition coefficient (Wildman–Crippen LogP) is 6.04. The van der Waals surface area contributed by atoms with Crippen molar-refractivity contribution in [2.45, 2.75) is 20.8 Å². The van der Waals surface area contributed by atoms with Gasteiger partial charge in [0.25, 0.3) is 0 Å². The fraction of sp³-hybridized carbons (Fsp3) is 0.130. The van der Waals surface area contributed by atoms with Crippen molar-refractivity contribution in [3.63, 3.8) is 0 Å². The Hall–Kier alpha value is -2.47. The van der Waals surface area contributed by atoms with E-state index in [0.717, 1.165) is 26.1 Å². The lowest BCUT2D eigenvalue weighted by Crippen LogP contribution is -2.36. The molecule has 0 aliphatic carbocycles. The Morgan fingerprint density at radius 1 is 0.852 bits per heavy atom. The number of hydrogen-bond donors (Lipinski definition) is 0. The zero-order chi connectivity index (χ0) is 19.4. The number of rotatable bonds is 3. The molecule has 0 N–H and O–H groups in total. The molecule has 3 rings (SSSR count). The summed E-state index contributed by atoms with van der Waals surface area (Å²) in [7, 11) is 0. The highest BCUT2D eigenvalue weighted by atomic mass is 127. The molecule has 0 spiro atoms. The van der Waals surface area contributed by atoms with Crippen LogP contribution >= 0.6 is 22.6 Å². The van der Waals surface area contributed by atoms with Crippen molar-refractivity contribution >= 4 is 45.7 Å². The van der Waals surface area contributed by atoms with E-state index >= 15 is 0 Å². The van der Waals surface area contributed by atoms with Gasteiger partial charge in [0.1, 0.15) is 5.84 Å². The summed E-state index contributed by atoms with van der Waals surface area (Å²) < 4.78 is 1.04. The number of halogens is 1. The topological polar surface area (TPSA) is 32.7 Å². The van der Waals surface area contributed by atoms with E-state index in [4.69, 9.17) is 4.99 Å². The van der Waals surface area contributed by atoms with E-state index in [9.17, 15) is 4.79 Å². The monoisotopic (exact) mass is 468 g/mol. The molecule has 0 fully saturated rings. The van der Waals surface area contributed by atoms with E-state index < -0.39 is 0 Å². The number of hydrogen-bond acceptors (Lipinski definition) is 2. The van der Waals surface area contributed by atoms with Gasteiger partial charge in [-0.15, -0.1) is 0 Å². The third kappa shape index (κ3) is 4.63. The largest absolute Gasteiger partial charge is 0.274 e. The quantitative estimate of drug-likeness (QED) is 0.262. The lowest BCUT2D eigenvalue weighted by molar-refractivity contribution is -0.115. The van der Waals surface area contributed by atoms with Crippen LogP contribution in [-0.4, -0.2) is 11.7 Å². The highest BCUT2D eigenvalue weighted by Crippen LogP contribution is 2.25. The van der Waals surface area contributed by atoms with Gasteiger partial charge in [0.15, 0.2) is 0 Å². The molecule has 0 aromatic heterocycles. The van der Waals surface area contributed by atoms with E-state index in [1.807, 2.05) is 86.6 Å². The molecule has 0 heterocycles. The molecule has 3 aromatic rings. The van der Waals surface area contributed by atoms with Gasteiger partial charge in [-0.3, -0.25) is 9.69 Å². The average Bonchev–Trinajstić information content (AvgIpc) is 2.65. The number of carbonyl (C=O) groups excluding carboxylic acids is 1. The smallest absolute Gasteiger partial charge is 0.229 e. The van der Waals surface area contributed by atoms with Crippen molar-refractivity contribution in [3.05, 3.63) is 93.1 Å². The molecule has 0 aliphatic heterocycles. The maximum atomic E-state index is 12.6. The van der Waals surface area contributed by atoms with E-state index in [1.54, 1.807) is 11.8 Å². The zero-order valence-electron chi connectivity index (χ0n) is 15.6. The van der Waals surface area contributed by atoms with Crippen molar-refractivity contribution in [1.82, 2.24) is 0 Å². The van der Waals surface area contributed by atoms with E-state index in [2.05, 4.69) is 22.6 Å². The van der Waals surface area contributed by atoms with Crippen LogP contribution in [0.1, 0.15) is 23.6 Å². The van der Waals surface area contributed by atoms with Crippen LogP contribution < -0.4 is 4.90 Å². The van der Waals surface area contributed by atoms with E-state index in [-0.39, 0.29) is 5.91 Å². The summed E-state index contributed by atoms with van der Waals surface area (Å²) >= 11 is 2.29. The Balaban J connectivity index is 2.20. The average molecular weight is 468 g/mol. The van der Waals surface area contributed by atoms with Crippen molar-refractivity contribution in [3.8, 4) is 0 Å². The molecule has 0 saturated carbocycles. The van der Waals surface area contributed by atoms with Gasteiger partial charge in [-0.25, -0.2) is 4.99 Å². The fourth-order valence-electron chi connectivity index (χ4n) is 2.76. The normalized spacial score (nSPS) is 11.3. The summed E-state index contributed by atoms with van der Waals surface area (Å²) in [4.78, 5) is 19.2. The van der Waals surface area contributed by atoms with Crippen molar-refractivity contribution in [1.29, 1.82) is 0 Å². The SMILES string of the molecule is CC(=O)N(C(=Nc1ccc(C)cc1)c1ccccc1I)c1ccc(C)cc1. The third-order valence-electron chi connectivity index (χ3n) is 4.20. The van der Waals surface area contributed by atoms with E-state index in [1.165, 1.54) is 5.56 Å². The predicted molar refractivity (Wildman–Crippen MR) is 121 cm³/mol. The molecule has 0 unspecified atom stereocenters. The Morgan fingerprint density at radius 3 is 1.96 bits per heavy atom. The summed E-state index contributed by atoms with van der Waals surface area (Å²) in [5.74, 6) is 0.546. The second-order valence-electron chi connectivity index (χ2n) is 6.44. The molecule has 0 saturated heterocycles. The standard InChI is InChI=1S/C23H21IN2O/c1-16-8-12-19(13-9-16)25-23(21-6-4-5-7-22(21)24)26(18(3)27)20-14-10-17(2)11-15-20/h4-15H,1-3H3. The number of aliphatic imine (C=N–C) groups is 1. The maximum absolute atomic E-state index is 12.6. The summed E-state index contributed by atoms with van der Waals surface area (Å²) in [6.07, 6.45) is 0. The van der Waals surface area contributed by atoms with Gasteiger partial charge in [0, 0.05) is 16.1 Å². The number of amides is 1. The second-order valence-corrected chi connectivity index (χ2v) is 7.60. The van der Waals surface area contributed by atoms with Crippen molar-refractivity contribution in [2.24, 2.45) is 4.99 Å². The molecular formula is C23H21IN2O. The second kappa shape index (κ2) is 8.48. The van der Waals surface area contributed by atoms with Gasteiger partial charge in [-0.2, -0.15) is 0 Å². The van der Waals surface area contributed by atoms with Crippen LogP contribution in [0.2, 0.25) is 0 Å². The van der Waals surface area contributed by atoms with Crippen LogP contribution in [0.3, 0.4) is 0 Å². The fourth-order valence-corrected chi connectivity index (χ4v) is 3.39. The van der Waals surface area contributed by atoms with Crippen LogP contribution in [-0.2, 0) is 4.79 Å². The summed E-state index contributed by atoms with van der Waals surface area (Å²) in [5, 5.41) is 0. The first-order valence-corrected chi connectivity index (χ1v) is 9.81. The van der Waals surface area contributed by atoms with Crippen LogP contribution in [0.15, 0.2) is 77.8 Å².